The van der Waals surface area contributed by atoms with Crippen molar-refractivity contribution in [1.82, 2.24) is 0 Å². The quantitative estimate of drug-likeness (QED) is 0.467. The summed E-state index contributed by atoms with van der Waals surface area (Å²) < 4.78 is 0. The van der Waals surface area contributed by atoms with E-state index in [4.69, 9.17) is 6.42 Å². The molecule has 86 valence electrons. The molecule has 0 unspecified atom stereocenters. The van der Waals surface area contributed by atoms with E-state index in [0.717, 1.165) is 6.42 Å². The second-order valence-corrected chi connectivity index (χ2v) is 4.31. The van der Waals surface area contributed by atoms with Gasteiger partial charge in [-0.2, -0.15) is 0 Å². The van der Waals surface area contributed by atoms with Gasteiger partial charge >= 0.3 is 0 Å². The van der Waals surface area contributed by atoms with Gasteiger partial charge < -0.3 is 0 Å². The van der Waals surface area contributed by atoms with Gasteiger partial charge in [-0.05, 0) is 24.0 Å². The molecule has 0 aliphatic rings. The maximum Gasteiger partial charge on any atom is 0.0340 e. The van der Waals surface area contributed by atoms with Gasteiger partial charge in [-0.1, -0.05) is 56.9 Å². The number of aryl methyl sites for hydroxylation is 1. The highest BCUT2D eigenvalue weighted by atomic mass is 14.0. The Morgan fingerprint density at radius 2 is 1.69 bits per heavy atom. The molecule has 0 radical (unpaired) electrons. The maximum atomic E-state index is 5.37. The molecular weight excluding hydrogens is 192 g/mol. The van der Waals surface area contributed by atoms with Gasteiger partial charge in [-0.3, -0.25) is 0 Å². The Morgan fingerprint density at radius 1 is 1.00 bits per heavy atom. The van der Waals surface area contributed by atoms with Crippen molar-refractivity contribution in [3.63, 3.8) is 0 Å². The molecule has 0 spiro atoms. The van der Waals surface area contributed by atoms with E-state index in [1.54, 1.807) is 0 Å². The van der Waals surface area contributed by atoms with Crippen LogP contribution in [0.25, 0.3) is 0 Å². The lowest BCUT2D eigenvalue weighted by molar-refractivity contribution is 0.631. The van der Waals surface area contributed by atoms with E-state index >= 15 is 0 Å². The van der Waals surface area contributed by atoms with Crippen molar-refractivity contribution in [2.75, 3.05) is 0 Å². The second kappa shape index (κ2) is 7.99. The van der Waals surface area contributed by atoms with Crippen LogP contribution in [0.3, 0.4) is 0 Å². The van der Waals surface area contributed by atoms with Gasteiger partial charge in [0.2, 0.25) is 0 Å². The number of hydrogen-bond donors (Lipinski definition) is 0. The Balaban J connectivity index is 2.38. The molecule has 0 aromatic heterocycles. The summed E-state index contributed by atoms with van der Waals surface area (Å²) in [6, 6.07) is 8.56. The topological polar surface area (TPSA) is 0 Å². The molecule has 1 aromatic rings. The number of terminal acetylenes is 1. The van der Waals surface area contributed by atoms with Crippen LogP contribution < -0.4 is 0 Å². The smallest absolute Gasteiger partial charge is 0.0340 e. The number of hydrogen-bond acceptors (Lipinski definition) is 0. The van der Waals surface area contributed by atoms with E-state index in [9.17, 15) is 0 Å². The Kier molecular flexibility index (Phi) is 6.42. The summed E-state index contributed by atoms with van der Waals surface area (Å²) in [6.45, 7) is 2.25. The van der Waals surface area contributed by atoms with Crippen LogP contribution in [0.5, 0.6) is 0 Å². The van der Waals surface area contributed by atoms with Crippen molar-refractivity contribution in [3.05, 3.63) is 35.4 Å². The Labute approximate surface area is 100 Å². The molecule has 0 aliphatic heterocycles. The van der Waals surface area contributed by atoms with E-state index < -0.39 is 0 Å². The van der Waals surface area contributed by atoms with E-state index in [1.807, 2.05) is 0 Å². The summed E-state index contributed by atoms with van der Waals surface area (Å²) in [6.07, 6.45) is 14.0. The van der Waals surface area contributed by atoms with Crippen LogP contribution in [0.1, 0.15) is 50.2 Å². The molecule has 1 rings (SSSR count). The van der Waals surface area contributed by atoms with Crippen LogP contribution >= 0.6 is 0 Å². The molecule has 0 fully saturated rings. The number of rotatable bonds is 7. The molecule has 0 saturated heterocycles. The minimum atomic E-state index is 0.769. The van der Waals surface area contributed by atoms with Crippen molar-refractivity contribution in [1.29, 1.82) is 0 Å². The van der Waals surface area contributed by atoms with E-state index in [0.29, 0.717) is 0 Å². The van der Waals surface area contributed by atoms with Gasteiger partial charge in [0.15, 0.2) is 0 Å². The molecule has 1 aromatic carbocycles. The summed E-state index contributed by atoms with van der Waals surface area (Å²) in [7, 11) is 0. The third-order valence-electron chi connectivity index (χ3n) is 2.96. The number of unbranched alkanes of at least 4 members (excludes halogenated alkanes) is 4. The molecule has 0 N–H and O–H groups in total. The molecule has 16 heavy (non-hydrogen) atoms. The van der Waals surface area contributed by atoms with E-state index in [-0.39, 0.29) is 0 Å². The molecule has 0 amide bonds. The van der Waals surface area contributed by atoms with Gasteiger partial charge in [0, 0.05) is 6.42 Å². The monoisotopic (exact) mass is 214 g/mol. The predicted molar refractivity (Wildman–Crippen MR) is 71.4 cm³/mol. The highest BCUT2D eigenvalue weighted by Gasteiger charge is 1.99. The third-order valence-corrected chi connectivity index (χ3v) is 2.96. The summed E-state index contributed by atoms with van der Waals surface area (Å²) in [5.41, 5.74) is 2.78. The van der Waals surface area contributed by atoms with Crippen molar-refractivity contribution < 1.29 is 0 Å². The van der Waals surface area contributed by atoms with Crippen LogP contribution in [0, 0.1) is 12.3 Å². The standard InChI is InChI=1S/C16H22/c1-3-5-6-7-8-12-16-14-10-9-13-15(16)11-4-2/h2,9-10,13-14H,3,5-8,11-12H2,1H3. The lowest BCUT2D eigenvalue weighted by Crippen LogP contribution is -1.93. The fourth-order valence-corrected chi connectivity index (χ4v) is 2.00. The van der Waals surface area contributed by atoms with E-state index in [2.05, 4.69) is 37.1 Å². The van der Waals surface area contributed by atoms with Crippen molar-refractivity contribution in [2.45, 2.75) is 51.9 Å². The van der Waals surface area contributed by atoms with Gasteiger partial charge in [0.1, 0.15) is 0 Å². The number of benzene rings is 1. The van der Waals surface area contributed by atoms with Crippen LogP contribution in [0.2, 0.25) is 0 Å². The Bertz CT molecular complexity index is 330. The fourth-order valence-electron chi connectivity index (χ4n) is 2.00. The van der Waals surface area contributed by atoms with Crippen molar-refractivity contribution >= 4 is 0 Å². The first kappa shape index (κ1) is 12.8. The minimum absolute atomic E-state index is 0.769. The zero-order chi connectivity index (χ0) is 11.6. The van der Waals surface area contributed by atoms with Crippen LogP contribution in [-0.2, 0) is 12.8 Å². The fraction of sp³-hybridized carbons (Fsp3) is 0.500. The molecule has 0 heteroatoms. The first-order chi connectivity index (χ1) is 7.88. The average molecular weight is 214 g/mol. The minimum Gasteiger partial charge on any atom is -0.120 e. The SMILES string of the molecule is C#CCc1ccccc1CCCCCCC. The molecule has 0 bridgehead atoms. The van der Waals surface area contributed by atoms with Crippen molar-refractivity contribution in [3.8, 4) is 12.3 Å². The molecule has 0 aliphatic carbocycles. The maximum absolute atomic E-state index is 5.37. The van der Waals surface area contributed by atoms with Crippen LogP contribution in [-0.4, -0.2) is 0 Å². The van der Waals surface area contributed by atoms with Gasteiger partial charge in [-0.25, -0.2) is 0 Å². The first-order valence-corrected chi connectivity index (χ1v) is 6.38. The van der Waals surface area contributed by atoms with Gasteiger partial charge in [-0.15, -0.1) is 12.3 Å². The normalized spacial score (nSPS) is 10.0. The Morgan fingerprint density at radius 3 is 2.38 bits per heavy atom. The second-order valence-electron chi connectivity index (χ2n) is 4.31. The molecule has 0 atom stereocenters. The summed E-state index contributed by atoms with van der Waals surface area (Å²) in [4.78, 5) is 0. The highest BCUT2D eigenvalue weighted by Crippen LogP contribution is 2.14. The zero-order valence-electron chi connectivity index (χ0n) is 10.3. The van der Waals surface area contributed by atoms with E-state index in [1.165, 1.54) is 49.7 Å². The summed E-state index contributed by atoms with van der Waals surface area (Å²) in [5, 5.41) is 0. The van der Waals surface area contributed by atoms with Crippen molar-refractivity contribution in [2.24, 2.45) is 0 Å². The molecule has 0 saturated carbocycles. The first-order valence-electron chi connectivity index (χ1n) is 6.38. The highest BCUT2D eigenvalue weighted by molar-refractivity contribution is 5.30. The predicted octanol–water partition coefficient (Wildman–Crippen LogP) is 4.38. The molecule has 0 nitrogen and oxygen atoms in total. The van der Waals surface area contributed by atoms with Crippen LogP contribution in [0.4, 0.5) is 0 Å². The Hall–Kier alpha value is -1.22. The lowest BCUT2D eigenvalue weighted by Gasteiger charge is -2.06. The summed E-state index contributed by atoms with van der Waals surface area (Å²) >= 11 is 0. The zero-order valence-corrected chi connectivity index (χ0v) is 10.3. The molecular formula is C16H22. The summed E-state index contributed by atoms with van der Waals surface area (Å²) in [5.74, 6) is 2.74. The van der Waals surface area contributed by atoms with Gasteiger partial charge in [0.05, 0.1) is 0 Å². The van der Waals surface area contributed by atoms with Crippen LogP contribution in [0.15, 0.2) is 24.3 Å². The average Bonchev–Trinajstić information content (AvgIpc) is 2.31. The third kappa shape index (κ3) is 4.53. The lowest BCUT2D eigenvalue weighted by atomic mass is 9.99. The largest absolute Gasteiger partial charge is 0.120 e. The molecule has 0 heterocycles. The van der Waals surface area contributed by atoms with Gasteiger partial charge in [0.25, 0.3) is 0 Å².